The molecule has 0 unspecified atom stereocenters. The minimum absolute atomic E-state index is 0.216. The first kappa shape index (κ1) is 18.9. The van der Waals surface area contributed by atoms with Crippen molar-refractivity contribution < 1.29 is 14.7 Å². The highest BCUT2D eigenvalue weighted by atomic mass is 16.4. The minimum atomic E-state index is -0.988. The second kappa shape index (κ2) is 8.22. The molecule has 3 aromatic rings. The van der Waals surface area contributed by atoms with E-state index in [0.717, 1.165) is 17.0 Å². The molecule has 2 amide bonds. The molecule has 0 bridgehead atoms. The Kier molecular flexibility index (Phi) is 5.55. The lowest BCUT2D eigenvalue weighted by molar-refractivity contribution is 0.0697. The average molecular weight is 376 g/mol. The summed E-state index contributed by atoms with van der Waals surface area (Å²) in [5.74, 6) is -0.988. The Hall–Kier alpha value is -3.87. The van der Waals surface area contributed by atoms with Gasteiger partial charge in [-0.1, -0.05) is 30.3 Å². The molecule has 0 saturated heterocycles. The zero-order valence-electron chi connectivity index (χ0n) is 15.5. The molecule has 0 radical (unpaired) electrons. The van der Waals surface area contributed by atoms with E-state index in [-0.39, 0.29) is 5.56 Å². The maximum Gasteiger partial charge on any atom is 0.339 e. The Morgan fingerprint density at radius 2 is 1.71 bits per heavy atom. The molecule has 7 heteroatoms. The maximum absolute atomic E-state index is 11.9. The molecular formula is C21H20N4O3. The van der Waals surface area contributed by atoms with E-state index in [0.29, 0.717) is 11.4 Å². The standard InChI is InChI=1S/C21H20N4O3/c1-14-12-16(13-22-24-21(28)23-17-8-4-3-5-9-17)15(2)25(14)19-11-7-6-10-18(19)20(26)27/h3-13H,1-2H3,(H,26,27)(H2,23,24,28)/b22-13+. The molecule has 28 heavy (non-hydrogen) atoms. The van der Waals surface area contributed by atoms with Gasteiger partial charge in [-0.05, 0) is 44.2 Å². The van der Waals surface area contributed by atoms with Crippen LogP contribution < -0.4 is 10.7 Å². The van der Waals surface area contributed by atoms with Gasteiger partial charge in [-0.15, -0.1) is 0 Å². The normalized spacial score (nSPS) is 10.8. The number of amides is 2. The molecule has 3 N–H and O–H groups in total. The molecule has 1 aromatic heterocycles. The molecular weight excluding hydrogens is 356 g/mol. The zero-order valence-corrected chi connectivity index (χ0v) is 15.5. The highest BCUT2D eigenvalue weighted by molar-refractivity contribution is 5.93. The van der Waals surface area contributed by atoms with Crippen LogP contribution in [-0.2, 0) is 0 Å². The van der Waals surface area contributed by atoms with E-state index in [9.17, 15) is 14.7 Å². The van der Waals surface area contributed by atoms with Crippen molar-refractivity contribution in [2.75, 3.05) is 5.32 Å². The van der Waals surface area contributed by atoms with Crippen LogP contribution in [0.3, 0.4) is 0 Å². The number of nitrogens with one attached hydrogen (secondary N) is 2. The number of anilines is 1. The second-order valence-corrected chi connectivity index (χ2v) is 6.17. The van der Waals surface area contributed by atoms with Crippen molar-refractivity contribution in [3.63, 3.8) is 0 Å². The predicted molar refractivity (Wildman–Crippen MR) is 108 cm³/mol. The molecule has 1 heterocycles. The van der Waals surface area contributed by atoms with Crippen molar-refractivity contribution in [2.45, 2.75) is 13.8 Å². The van der Waals surface area contributed by atoms with Gasteiger partial charge in [-0.3, -0.25) is 0 Å². The number of nitrogens with zero attached hydrogens (tertiary/aromatic N) is 2. The summed E-state index contributed by atoms with van der Waals surface area (Å²) < 4.78 is 1.86. The van der Waals surface area contributed by atoms with Gasteiger partial charge in [-0.2, -0.15) is 5.10 Å². The molecule has 7 nitrogen and oxygen atoms in total. The van der Waals surface area contributed by atoms with Gasteiger partial charge in [-0.25, -0.2) is 15.0 Å². The SMILES string of the molecule is Cc1cc(/C=N/NC(=O)Nc2ccccc2)c(C)n1-c1ccccc1C(=O)O. The van der Waals surface area contributed by atoms with Gasteiger partial charge in [0.15, 0.2) is 0 Å². The highest BCUT2D eigenvalue weighted by Crippen LogP contribution is 2.22. The van der Waals surface area contributed by atoms with E-state index in [1.807, 2.05) is 42.7 Å². The molecule has 142 valence electrons. The third-order valence-corrected chi connectivity index (χ3v) is 4.25. The van der Waals surface area contributed by atoms with Crippen LogP contribution in [0.5, 0.6) is 0 Å². The molecule has 3 rings (SSSR count). The number of carbonyl (C=O) groups excluding carboxylic acids is 1. The van der Waals surface area contributed by atoms with Gasteiger partial charge >= 0.3 is 12.0 Å². The third-order valence-electron chi connectivity index (χ3n) is 4.25. The van der Waals surface area contributed by atoms with Gasteiger partial charge in [0.05, 0.1) is 17.5 Å². The lowest BCUT2D eigenvalue weighted by atomic mass is 10.1. The van der Waals surface area contributed by atoms with Crippen LogP contribution in [0.1, 0.15) is 27.3 Å². The second-order valence-electron chi connectivity index (χ2n) is 6.17. The number of aromatic nitrogens is 1. The summed E-state index contributed by atoms with van der Waals surface area (Å²) in [5, 5.41) is 16.1. The first-order valence-electron chi connectivity index (χ1n) is 8.64. The van der Waals surface area contributed by atoms with E-state index in [1.165, 1.54) is 6.21 Å². The van der Waals surface area contributed by atoms with Gasteiger partial charge in [0, 0.05) is 22.6 Å². The van der Waals surface area contributed by atoms with Crippen molar-refractivity contribution in [2.24, 2.45) is 5.10 Å². The first-order valence-corrected chi connectivity index (χ1v) is 8.64. The maximum atomic E-state index is 11.9. The third kappa shape index (κ3) is 4.09. The summed E-state index contributed by atoms with van der Waals surface area (Å²) >= 11 is 0. The van der Waals surface area contributed by atoms with E-state index < -0.39 is 12.0 Å². The number of carboxylic acids is 1. The summed E-state index contributed by atoms with van der Waals surface area (Å²) in [7, 11) is 0. The smallest absolute Gasteiger partial charge is 0.339 e. The number of urea groups is 1. The van der Waals surface area contributed by atoms with Crippen LogP contribution in [0.15, 0.2) is 65.8 Å². The number of hydrogen-bond donors (Lipinski definition) is 3. The van der Waals surface area contributed by atoms with Crippen LogP contribution in [0, 0.1) is 13.8 Å². The summed E-state index contributed by atoms with van der Waals surface area (Å²) in [5.41, 5.74) is 6.34. The van der Waals surface area contributed by atoms with Crippen molar-refractivity contribution >= 4 is 23.9 Å². The molecule has 0 aliphatic rings. The molecule has 0 aliphatic carbocycles. The Morgan fingerprint density at radius 1 is 1.04 bits per heavy atom. The molecule has 0 spiro atoms. The van der Waals surface area contributed by atoms with E-state index in [4.69, 9.17) is 0 Å². The van der Waals surface area contributed by atoms with E-state index >= 15 is 0 Å². The fourth-order valence-corrected chi connectivity index (χ4v) is 2.98. The molecule has 0 atom stereocenters. The van der Waals surface area contributed by atoms with Crippen LogP contribution in [0.25, 0.3) is 5.69 Å². The monoisotopic (exact) mass is 376 g/mol. The Morgan fingerprint density at radius 3 is 2.43 bits per heavy atom. The van der Waals surface area contributed by atoms with E-state index in [2.05, 4.69) is 15.8 Å². The Labute approximate surface area is 162 Å². The number of aromatic carboxylic acids is 1. The van der Waals surface area contributed by atoms with Crippen LogP contribution in [0.2, 0.25) is 0 Å². The van der Waals surface area contributed by atoms with E-state index in [1.54, 1.807) is 36.4 Å². The van der Waals surface area contributed by atoms with Crippen LogP contribution in [0.4, 0.5) is 10.5 Å². The topological polar surface area (TPSA) is 95.7 Å². The Bertz CT molecular complexity index is 1040. The number of rotatable bonds is 5. The van der Waals surface area contributed by atoms with Gasteiger partial charge in [0.2, 0.25) is 0 Å². The molecule has 0 fully saturated rings. The van der Waals surface area contributed by atoms with Crippen molar-refractivity contribution in [3.8, 4) is 5.69 Å². The summed E-state index contributed by atoms with van der Waals surface area (Å²) in [6, 6.07) is 17.3. The Balaban J connectivity index is 1.78. The zero-order chi connectivity index (χ0) is 20.1. The lowest BCUT2D eigenvalue weighted by Crippen LogP contribution is -2.24. The number of carbonyl (C=O) groups is 2. The average Bonchev–Trinajstić information content (AvgIpc) is 2.96. The van der Waals surface area contributed by atoms with Crippen LogP contribution in [-0.4, -0.2) is 27.9 Å². The van der Waals surface area contributed by atoms with Gasteiger partial charge in [0.1, 0.15) is 0 Å². The molecule has 0 saturated carbocycles. The van der Waals surface area contributed by atoms with Gasteiger partial charge < -0.3 is 15.0 Å². The first-order chi connectivity index (χ1) is 13.5. The summed E-state index contributed by atoms with van der Waals surface area (Å²) in [6.45, 7) is 3.76. The number of benzene rings is 2. The number of hydrazone groups is 1. The fraction of sp³-hybridized carbons (Fsp3) is 0.0952. The number of carboxylic acid groups (broad SMARTS) is 1. The van der Waals surface area contributed by atoms with Gasteiger partial charge in [0.25, 0.3) is 0 Å². The molecule has 2 aromatic carbocycles. The summed E-state index contributed by atoms with van der Waals surface area (Å²) in [6.07, 6.45) is 1.53. The van der Waals surface area contributed by atoms with Crippen molar-refractivity contribution in [1.82, 2.24) is 9.99 Å². The minimum Gasteiger partial charge on any atom is -0.478 e. The number of para-hydroxylation sites is 2. The number of hydrogen-bond acceptors (Lipinski definition) is 3. The summed E-state index contributed by atoms with van der Waals surface area (Å²) in [4.78, 5) is 23.4. The van der Waals surface area contributed by atoms with Crippen molar-refractivity contribution in [1.29, 1.82) is 0 Å². The predicted octanol–water partition coefficient (Wildman–Crippen LogP) is 3.95. The largest absolute Gasteiger partial charge is 0.478 e. The highest BCUT2D eigenvalue weighted by Gasteiger charge is 2.15. The van der Waals surface area contributed by atoms with Crippen LogP contribution >= 0.6 is 0 Å². The molecule has 0 aliphatic heterocycles. The number of aryl methyl sites for hydroxylation is 1. The van der Waals surface area contributed by atoms with Crippen molar-refractivity contribution in [3.05, 3.63) is 83.2 Å². The quantitative estimate of drug-likeness (QED) is 0.465. The lowest BCUT2D eigenvalue weighted by Gasteiger charge is -2.12. The fourth-order valence-electron chi connectivity index (χ4n) is 2.98.